The van der Waals surface area contributed by atoms with Crippen LogP contribution in [0.4, 0.5) is 0 Å². The second-order valence-corrected chi connectivity index (χ2v) is 3.85. The van der Waals surface area contributed by atoms with Gasteiger partial charge in [-0.2, -0.15) is 0 Å². The lowest BCUT2D eigenvalue weighted by Gasteiger charge is -2.10. The van der Waals surface area contributed by atoms with Gasteiger partial charge in [0.05, 0.1) is 0 Å². The molecule has 0 aliphatic rings. The van der Waals surface area contributed by atoms with E-state index in [0.29, 0.717) is 12.2 Å². The van der Waals surface area contributed by atoms with Gasteiger partial charge in [-0.3, -0.25) is 4.79 Å². The van der Waals surface area contributed by atoms with E-state index in [2.05, 4.69) is 19.1 Å². The van der Waals surface area contributed by atoms with Crippen LogP contribution in [-0.4, -0.2) is 5.78 Å². The highest BCUT2D eigenvalue weighted by atomic mass is 16.1. The Balaban J connectivity index is 2.69. The predicted molar refractivity (Wildman–Crippen MR) is 59.3 cm³/mol. The van der Waals surface area contributed by atoms with E-state index >= 15 is 0 Å². The number of carbonyl (C=O) groups is 1. The Bertz CT molecular complexity index is 315. The molecule has 0 N–H and O–H groups in total. The molecule has 0 bridgehead atoms. The first kappa shape index (κ1) is 11.0. The summed E-state index contributed by atoms with van der Waals surface area (Å²) < 4.78 is 0. The minimum atomic E-state index is 0.154. The van der Waals surface area contributed by atoms with E-state index in [-0.39, 0.29) is 5.92 Å². The summed E-state index contributed by atoms with van der Waals surface area (Å²) in [6.45, 7) is 6.04. The fraction of sp³-hybridized carbons (Fsp3) is 0.462. The summed E-state index contributed by atoms with van der Waals surface area (Å²) in [5.74, 6) is 0.509. The first-order valence-corrected chi connectivity index (χ1v) is 5.22. The van der Waals surface area contributed by atoms with Crippen LogP contribution in [0, 0.1) is 12.8 Å². The fourth-order valence-corrected chi connectivity index (χ4v) is 1.63. The molecular weight excluding hydrogens is 172 g/mol. The van der Waals surface area contributed by atoms with E-state index < -0.39 is 0 Å². The van der Waals surface area contributed by atoms with Crippen LogP contribution in [0.2, 0.25) is 0 Å². The number of benzene rings is 1. The molecule has 14 heavy (non-hydrogen) atoms. The molecule has 0 fully saturated rings. The highest BCUT2D eigenvalue weighted by molar-refractivity contribution is 5.80. The molecule has 1 nitrogen and oxygen atoms in total. The summed E-state index contributed by atoms with van der Waals surface area (Å²) in [5, 5.41) is 0. The van der Waals surface area contributed by atoms with Gasteiger partial charge in [-0.15, -0.1) is 0 Å². The first-order chi connectivity index (χ1) is 6.65. The highest BCUT2D eigenvalue weighted by Crippen LogP contribution is 2.14. The lowest BCUT2D eigenvalue weighted by molar-refractivity contribution is -0.122. The van der Waals surface area contributed by atoms with Crippen LogP contribution >= 0.6 is 0 Å². The van der Waals surface area contributed by atoms with Crippen molar-refractivity contribution < 1.29 is 4.79 Å². The molecule has 0 aliphatic carbocycles. The maximum Gasteiger partial charge on any atom is 0.135 e. The molecule has 1 atom stereocenters. The molecule has 1 heteroatoms. The Morgan fingerprint density at radius 3 is 2.57 bits per heavy atom. The second kappa shape index (κ2) is 4.94. The molecule has 0 saturated carbocycles. The van der Waals surface area contributed by atoms with Crippen LogP contribution in [0.5, 0.6) is 0 Å². The first-order valence-electron chi connectivity index (χ1n) is 5.22. The van der Waals surface area contributed by atoms with Gasteiger partial charge in [0.2, 0.25) is 0 Å². The monoisotopic (exact) mass is 190 g/mol. The van der Waals surface area contributed by atoms with E-state index in [1.807, 2.05) is 26.0 Å². The molecule has 76 valence electrons. The van der Waals surface area contributed by atoms with Crippen molar-refractivity contribution in [2.24, 2.45) is 5.92 Å². The molecule has 0 spiro atoms. The number of hydrogen-bond donors (Lipinski definition) is 0. The lowest BCUT2D eigenvalue weighted by atomic mass is 9.93. The fourth-order valence-electron chi connectivity index (χ4n) is 1.63. The van der Waals surface area contributed by atoms with Crippen LogP contribution in [0.25, 0.3) is 0 Å². The average Bonchev–Trinajstić information content (AvgIpc) is 2.20. The molecule has 1 unspecified atom stereocenters. The summed E-state index contributed by atoms with van der Waals surface area (Å²) in [6.07, 6.45) is 1.52. The number of carbonyl (C=O) groups excluding carboxylic acids is 1. The van der Waals surface area contributed by atoms with E-state index in [4.69, 9.17) is 0 Å². The minimum Gasteiger partial charge on any atom is -0.299 e. The number of rotatable bonds is 4. The van der Waals surface area contributed by atoms with Crippen molar-refractivity contribution in [3.8, 4) is 0 Å². The van der Waals surface area contributed by atoms with E-state index in [9.17, 15) is 4.79 Å². The predicted octanol–water partition coefficient (Wildman–Crippen LogP) is 3.15. The summed E-state index contributed by atoms with van der Waals surface area (Å²) in [5.41, 5.74) is 2.57. The Labute approximate surface area is 86.1 Å². The third kappa shape index (κ3) is 2.69. The van der Waals surface area contributed by atoms with Gasteiger partial charge >= 0.3 is 0 Å². The maximum atomic E-state index is 11.4. The van der Waals surface area contributed by atoms with Crippen LogP contribution in [-0.2, 0) is 11.2 Å². The van der Waals surface area contributed by atoms with Crippen LogP contribution < -0.4 is 0 Å². The second-order valence-electron chi connectivity index (χ2n) is 3.85. The molecule has 0 saturated heterocycles. The van der Waals surface area contributed by atoms with E-state index in [1.165, 1.54) is 11.1 Å². The topological polar surface area (TPSA) is 17.1 Å². The average molecular weight is 190 g/mol. The summed E-state index contributed by atoms with van der Waals surface area (Å²) in [6, 6.07) is 8.27. The number of Topliss-reactive ketones (excluding diaryl/α,β-unsaturated/α-hetero) is 1. The van der Waals surface area contributed by atoms with Gasteiger partial charge in [0.25, 0.3) is 0 Å². The summed E-state index contributed by atoms with van der Waals surface area (Å²) >= 11 is 0. The molecule has 0 heterocycles. The van der Waals surface area contributed by atoms with Gasteiger partial charge in [0, 0.05) is 12.3 Å². The van der Waals surface area contributed by atoms with E-state index in [0.717, 1.165) is 6.42 Å². The van der Waals surface area contributed by atoms with Crippen molar-refractivity contribution in [2.45, 2.75) is 33.6 Å². The van der Waals surface area contributed by atoms with Crippen molar-refractivity contribution in [3.63, 3.8) is 0 Å². The number of aryl methyl sites for hydroxylation is 1. The van der Waals surface area contributed by atoms with Gasteiger partial charge in [0.1, 0.15) is 5.78 Å². The molecule has 0 amide bonds. The smallest absolute Gasteiger partial charge is 0.135 e. The van der Waals surface area contributed by atoms with Gasteiger partial charge < -0.3 is 0 Å². The highest BCUT2D eigenvalue weighted by Gasteiger charge is 2.11. The summed E-state index contributed by atoms with van der Waals surface area (Å²) in [4.78, 5) is 11.4. The van der Waals surface area contributed by atoms with Crippen LogP contribution in [0.1, 0.15) is 31.4 Å². The number of hydrogen-bond acceptors (Lipinski definition) is 1. The van der Waals surface area contributed by atoms with Gasteiger partial charge in [0.15, 0.2) is 0 Å². The zero-order chi connectivity index (χ0) is 10.6. The van der Waals surface area contributed by atoms with Gasteiger partial charge in [-0.05, 0) is 24.5 Å². The van der Waals surface area contributed by atoms with Crippen LogP contribution in [0.3, 0.4) is 0 Å². The maximum absolute atomic E-state index is 11.4. The minimum absolute atomic E-state index is 0.154. The van der Waals surface area contributed by atoms with Crippen molar-refractivity contribution in [1.29, 1.82) is 0 Å². The van der Waals surface area contributed by atoms with Crippen molar-refractivity contribution in [3.05, 3.63) is 35.4 Å². The molecule has 0 aromatic heterocycles. The Morgan fingerprint density at radius 2 is 2.00 bits per heavy atom. The molecule has 0 radical (unpaired) electrons. The molecule has 0 aliphatic heterocycles. The van der Waals surface area contributed by atoms with Crippen molar-refractivity contribution >= 4 is 5.78 Å². The SMILES string of the molecule is CCC(=O)C(C)Cc1ccccc1C. The molecule has 1 aromatic rings. The Kier molecular flexibility index (Phi) is 3.87. The van der Waals surface area contributed by atoms with E-state index in [1.54, 1.807) is 0 Å². The van der Waals surface area contributed by atoms with Crippen molar-refractivity contribution in [1.82, 2.24) is 0 Å². The lowest BCUT2D eigenvalue weighted by Crippen LogP contribution is -2.12. The molecule has 1 aromatic carbocycles. The summed E-state index contributed by atoms with van der Waals surface area (Å²) in [7, 11) is 0. The zero-order valence-electron chi connectivity index (χ0n) is 9.21. The molecular formula is C13H18O. The number of ketones is 1. The quantitative estimate of drug-likeness (QED) is 0.712. The van der Waals surface area contributed by atoms with Gasteiger partial charge in [-0.25, -0.2) is 0 Å². The van der Waals surface area contributed by atoms with Crippen molar-refractivity contribution in [2.75, 3.05) is 0 Å². The molecule has 1 rings (SSSR count). The largest absolute Gasteiger partial charge is 0.299 e. The third-order valence-electron chi connectivity index (χ3n) is 2.69. The zero-order valence-corrected chi connectivity index (χ0v) is 9.21. The van der Waals surface area contributed by atoms with Gasteiger partial charge in [-0.1, -0.05) is 38.1 Å². The third-order valence-corrected chi connectivity index (χ3v) is 2.69. The Hall–Kier alpha value is -1.11. The van der Waals surface area contributed by atoms with Crippen LogP contribution in [0.15, 0.2) is 24.3 Å². The normalized spacial score (nSPS) is 12.5. The Morgan fingerprint density at radius 1 is 1.36 bits per heavy atom. The standard InChI is InChI=1S/C13H18O/c1-4-13(14)11(3)9-12-8-6-5-7-10(12)2/h5-8,11H,4,9H2,1-3H3.